The summed E-state index contributed by atoms with van der Waals surface area (Å²) >= 11 is 7.85. The van der Waals surface area contributed by atoms with Gasteiger partial charge in [-0.3, -0.25) is 4.79 Å². The Balaban J connectivity index is 1.22. The summed E-state index contributed by atoms with van der Waals surface area (Å²) in [6, 6.07) is 15.8. The van der Waals surface area contributed by atoms with Gasteiger partial charge in [0.05, 0.1) is 10.7 Å². The van der Waals surface area contributed by atoms with Gasteiger partial charge in [-0.15, -0.1) is 11.3 Å². The third-order valence-electron chi connectivity index (χ3n) is 5.62. The summed E-state index contributed by atoms with van der Waals surface area (Å²) < 4.78 is 0. The monoisotopic (exact) mass is 423 g/mol. The Labute approximate surface area is 179 Å². The van der Waals surface area contributed by atoms with Crippen LogP contribution in [0.25, 0.3) is 11.3 Å². The number of rotatable bonds is 4. The summed E-state index contributed by atoms with van der Waals surface area (Å²) in [5, 5.41) is 4.11. The summed E-state index contributed by atoms with van der Waals surface area (Å²) in [6.07, 6.45) is 2.54. The maximum absolute atomic E-state index is 12.9. The first-order valence-electron chi connectivity index (χ1n) is 10.0. The topological polar surface area (TPSA) is 36.4 Å². The number of hydrogen-bond donors (Lipinski definition) is 0. The molecule has 4 nitrogen and oxygen atoms in total. The van der Waals surface area contributed by atoms with Crippen molar-refractivity contribution in [3.63, 3.8) is 0 Å². The summed E-state index contributed by atoms with van der Waals surface area (Å²) in [4.78, 5) is 21.9. The van der Waals surface area contributed by atoms with Gasteiger partial charge in [0.1, 0.15) is 0 Å². The molecule has 2 aromatic carbocycles. The number of aromatic nitrogens is 1. The molecule has 0 radical (unpaired) electrons. The molecular weight excluding hydrogens is 402 g/mol. The zero-order valence-electron chi connectivity index (χ0n) is 16.1. The van der Waals surface area contributed by atoms with Gasteiger partial charge in [-0.2, -0.15) is 0 Å². The van der Waals surface area contributed by atoms with Crippen molar-refractivity contribution in [3.05, 3.63) is 69.5 Å². The van der Waals surface area contributed by atoms with Gasteiger partial charge in [0.15, 0.2) is 0 Å². The van der Waals surface area contributed by atoms with Crippen LogP contribution in [-0.4, -0.2) is 42.0 Å². The van der Waals surface area contributed by atoms with E-state index in [0.29, 0.717) is 19.0 Å². The first kappa shape index (κ1) is 18.6. The van der Waals surface area contributed by atoms with Gasteiger partial charge in [0, 0.05) is 59.3 Å². The summed E-state index contributed by atoms with van der Waals surface area (Å²) in [7, 11) is 0. The highest BCUT2D eigenvalue weighted by atomic mass is 35.5. The van der Waals surface area contributed by atoms with E-state index in [4.69, 9.17) is 16.6 Å². The van der Waals surface area contributed by atoms with E-state index in [1.807, 2.05) is 47.4 Å². The molecule has 6 heteroatoms. The largest absolute Gasteiger partial charge is 0.368 e. The molecule has 148 valence electrons. The molecule has 1 amide bonds. The third kappa shape index (κ3) is 4.02. The second-order valence-corrected chi connectivity index (χ2v) is 9.01. The molecule has 29 heavy (non-hydrogen) atoms. The van der Waals surface area contributed by atoms with E-state index in [1.54, 1.807) is 11.3 Å². The molecule has 3 aromatic rings. The lowest BCUT2D eigenvalue weighted by molar-refractivity contribution is 0.0747. The molecule has 0 bridgehead atoms. The lowest BCUT2D eigenvalue weighted by atomic mass is 10.1. The van der Waals surface area contributed by atoms with Crippen molar-refractivity contribution < 1.29 is 4.79 Å². The average Bonchev–Trinajstić information content (AvgIpc) is 3.50. The van der Waals surface area contributed by atoms with Crippen LogP contribution in [0, 0.1) is 0 Å². The van der Waals surface area contributed by atoms with Gasteiger partial charge in [0.2, 0.25) is 0 Å². The lowest BCUT2D eigenvalue weighted by Gasteiger charge is -2.36. The van der Waals surface area contributed by atoms with E-state index in [2.05, 4.69) is 16.3 Å². The predicted octanol–water partition coefficient (Wildman–Crippen LogP) is 5.30. The summed E-state index contributed by atoms with van der Waals surface area (Å²) in [5.74, 6) is 0.777. The molecule has 1 aromatic heterocycles. The minimum Gasteiger partial charge on any atom is -0.368 e. The fraction of sp³-hybridized carbons (Fsp3) is 0.304. The quantitative estimate of drug-likeness (QED) is 0.571. The SMILES string of the molecule is O=C(c1ccc(-c2csc(C3CC3)n2)cc1)N1CCN(c2cccc(Cl)c2)CC1. The smallest absolute Gasteiger partial charge is 0.253 e. The number of carbonyl (C=O) groups excluding carboxylic acids is 1. The first-order valence-corrected chi connectivity index (χ1v) is 11.3. The Morgan fingerprint density at radius 1 is 1.03 bits per heavy atom. The van der Waals surface area contributed by atoms with Crippen LogP contribution in [0.5, 0.6) is 0 Å². The first-order chi connectivity index (χ1) is 14.2. The number of benzene rings is 2. The fourth-order valence-corrected chi connectivity index (χ4v) is 4.93. The van der Waals surface area contributed by atoms with Crippen molar-refractivity contribution >= 4 is 34.5 Å². The summed E-state index contributed by atoms with van der Waals surface area (Å²) in [5.41, 5.74) is 3.95. The second kappa shape index (κ2) is 7.81. The number of hydrogen-bond acceptors (Lipinski definition) is 4. The number of nitrogens with zero attached hydrogens (tertiary/aromatic N) is 3. The third-order valence-corrected chi connectivity index (χ3v) is 6.86. The second-order valence-electron chi connectivity index (χ2n) is 7.68. The van der Waals surface area contributed by atoms with Crippen LogP contribution in [0.2, 0.25) is 5.02 Å². The molecule has 0 spiro atoms. The van der Waals surface area contributed by atoms with E-state index < -0.39 is 0 Å². The van der Waals surface area contributed by atoms with Gasteiger partial charge in [0.25, 0.3) is 5.91 Å². The molecule has 2 fully saturated rings. The van der Waals surface area contributed by atoms with Crippen LogP contribution < -0.4 is 4.90 Å². The minimum atomic E-state index is 0.0965. The van der Waals surface area contributed by atoms with Crippen LogP contribution in [0.3, 0.4) is 0 Å². The van der Waals surface area contributed by atoms with E-state index in [-0.39, 0.29) is 5.91 Å². The molecule has 1 aliphatic carbocycles. The van der Waals surface area contributed by atoms with Gasteiger partial charge >= 0.3 is 0 Å². The fourth-order valence-electron chi connectivity index (χ4n) is 3.74. The van der Waals surface area contributed by atoms with Crippen LogP contribution >= 0.6 is 22.9 Å². The molecule has 0 N–H and O–H groups in total. The highest BCUT2D eigenvalue weighted by Gasteiger charge is 2.27. The average molecular weight is 424 g/mol. The Morgan fingerprint density at radius 2 is 1.79 bits per heavy atom. The Morgan fingerprint density at radius 3 is 2.48 bits per heavy atom. The Hall–Kier alpha value is -2.37. The number of halogens is 1. The van der Waals surface area contributed by atoms with Crippen LogP contribution in [0.4, 0.5) is 5.69 Å². The number of amides is 1. The van der Waals surface area contributed by atoms with Gasteiger partial charge in [-0.1, -0.05) is 29.8 Å². The van der Waals surface area contributed by atoms with E-state index >= 15 is 0 Å². The lowest BCUT2D eigenvalue weighted by Crippen LogP contribution is -2.48. The molecule has 2 heterocycles. The van der Waals surface area contributed by atoms with Crippen LogP contribution in [-0.2, 0) is 0 Å². The molecule has 1 aliphatic heterocycles. The van der Waals surface area contributed by atoms with Gasteiger partial charge < -0.3 is 9.80 Å². The minimum absolute atomic E-state index is 0.0965. The maximum Gasteiger partial charge on any atom is 0.253 e. The van der Waals surface area contributed by atoms with Crippen molar-refractivity contribution in [2.45, 2.75) is 18.8 Å². The Bertz CT molecular complexity index is 1020. The number of carbonyl (C=O) groups is 1. The van der Waals surface area contributed by atoms with Crippen molar-refractivity contribution in [1.82, 2.24) is 9.88 Å². The molecule has 0 unspecified atom stereocenters. The van der Waals surface area contributed by atoms with E-state index in [9.17, 15) is 4.79 Å². The molecule has 0 atom stereocenters. The van der Waals surface area contributed by atoms with Crippen molar-refractivity contribution in [3.8, 4) is 11.3 Å². The molecule has 5 rings (SSSR count). The van der Waals surface area contributed by atoms with Crippen LogP contribution in [0.15, 0.2) is 53.9 Å². The number of piperazine rings is 1. The highest BCUT2D eigenvalue weighted by molar-refractivity contribution is 7.10. The van der Waals surface area contributed by atoms with Gasteiger partial charge in [-0.25, -0.2) is 4.98 Å². The van der Waals surface area contributed by atoms with Gasteiger partial charge in [-0.05, 0) is 43.2 Å². The zero-order valence-corrected chi connectivity index (χ0v) is 17.6. The van der Waals surface area contributed by atoms with Crippen LogP contribution in [0.1, 0.15) is 34.1 Å². The highest BCUT2D eigenvalue weighted by Crippen LogP contribution is 2.42. The molecule has 1 saturated carbocycles. The standard InChI is InChI=1S/C23H22ClN3OS/c24-19-2-1-3-20(14-19)26-10-12-27(13-11-26)23(28)18-8-4-16(5-9-18)21-15-29-22(25-21)17-6-7-17/h1-5,8-9,14-15,17H,6-7,10-13H2. The normalized spacial score (nSPS) is 16.9. The van der Waals surface area contributed by atoms with Crippen molar-refractivity contribution in [1.29, 1.82) is 0 Å². The molecular formula is C23H22ClN3OS. The van der Waals surface area contributed by atoms with Crippen molar-refractivity contribution in [2.75, 3.05) is 31.1 Å². The molecule has 1 saturated heterocycles. The van der Waals surface area contributed by atoms with Crippen molar-refractivity contribution in [2.24, 2.45) is 0 Å². The van der Waals surface area contributed by atoms with E-state index in [0.717, 1.165) is 40.6 Å². The molecule has 2 aliphatic rings. The zero-order chi connectivity index (χ0) is 19.8. The Kier molecular flexibility index (Phi) is 5.02. The number of thiazole rings is 1. The number of anilines is 1. The maximum atomic E-state index is 12.9. The van der Waals surface area contributed by atoms with E-state index in [1.165, 1.54) is 17.8 Å². The predicted molar refractivity (Wildman–Crippen MR) is 119 cm³/mol. The summed E-state index contributed by atoms with van der Waals surface area (Å²) in [6.45, 7) is 3.05.